The Bertz CT molecular complexity index is 594. The van der Waals surface area contributed by atoms with Crippen LogP contribution in [0.5, 0.6) is 0 Å². The van der Waals surface area contributed by atoms with E-state index in [4.69, 9.17) is 0 Å². The predicted octanol–water partition coefficient (Wildman–Crippen LogP) is 3.64. The summed E-state index contributed by atoms with van der Waals surface area (Å²) in [5.74, 6) is -0.369. The minimum absolute atomic E-state index is 0.163. The Morgan fingerprint density at radius 2 is 1.67 bits per heavy atom. The second kappa shape index (κ2) is 8.13. The smallest absolute Gasteiger partial charge is 0.268 e. The standard InChI is InChI=1S/C20H28N2O2/c1-20(2,3)19(24)22-17(14-15-10-6-4-7-11-15)18(23)21-16-12-8-5-9-13-16/h4,6-7,10-11,14,16H,5,8-9,12-13H2,1-3H3,(H,21,23)(H,22,24)/b17-14+. The molecule has 0 heterocycles. The van der Waals surface area contributed by atoms with Gasteiger partial charge in [0, 0.05) is 11.5 Å². The lowest BCUT2D eigenvalue weighted by molar-refractivity contribution is -0.129. The van der Waals surface area contributed by atoms with Crippen LogP contribution in [0.4, 0.5) is 0 Å². The van der Waals surface area contributed by atoms with Crippen LogP contribution in [0.1, 0.15) is 58.4 Å². The van der Waals surface area contributed by atoms with Crippen molar-refractivity contribution < 1.29 is 9.59 Å². The zero-order chi connectivity index (χ0) is 17.6. The van der Waals surface area contributed by atoms with Gasteiger partial charge in [0.1, 0.15) is 5.70 Å². The molecular weight excluding hydrogens is 300 g/mol. The molecule has 1 aromatic rings. The van der Waals surface area contributed by atoms with Crippen LogP contribution in [0.3, 0.4) is 0 Å². The average molecular weight is 328 g/mol. The quantitative estimate of drug-likeness (QED) is 0.829. The Labute approximate surface area is 144 Å². The fourth-order valence-electron chi connectivity index (χ4n) is 2.69. The molecule has 4 heteroatoms. The summed E-state index contributed by atoms with van der Waals surface area (Å²) < 4.78 is 0. The Morgan fingerprint density at radius 1 is 1.04 bits per heavy atom. The molecule has 0 aliphatic heterocycles. The normalized spacial score (nSPS) is 16.5. The van der Waals surface area contributed by atoms with Crippen LogP contribution < -0.4 is 10.6 Å². The van der Waals surface area contributed by atoms with Crippen molar-refractivity contribution in [2.75, 3.05) is 0 Å². The minimum atomic E-state index is -0.555. The van der Waals surface area contributed by atoms with Crippen LogP contribution in [0.25, 0.3) is 6.08 Å². The largest absolute Gasteiger partial charge is 0.348 e. The summed E-state index contributed by atoms with van der Waals surface area (Å²) in [5, 5.41) is 5.88. The third-order valence-corrected chi connectivity index (χ3v) is 4.22. The molecule has 0 aromatic heterocycles. The van der Waals surface area contributed by atoms with E-state index < -0.39 is 5.41 Å². The lowest BCUT2D eigenvalue weighted by Crippen LogP contribution is -2.43. The van der Waals surface area contributed by atoms with Crippen molar-refractivity contribution in [2.24, 2.45) is 5.41 Å². The van der Waals surface area contributed by atoms with Gasteiger partial charge in [-0.25, -0.2) is 0 Å². The van der Waals surface area contributed by atoms with Crippen LogP contribution >= 0.6 is 0 Å². The van der Waals surface area contributed by atoms with E-state index in [1.807, 2.05) is 51.1 Å². The molecule has 1 fully saturated rings. The van der Waals surface area contributed by atoms with E-state index in [0.29, 0.717) is 5.70 Å². The van der Waals surface area contributed by atoms with E-state index in [0.717, 1.165) is 31.2 Å². The number of rotatable bonds is 4. The van der Waals surface area contributed by atoms with Crippen LogP contribution in [0, 0.1) is 5.41 Å². The second-order valence-electron chi connectivity index (χ2n) is 7.48. The first-order valence-electron chi connectivity index (χ1n) is 8.75. The molecular formula is C20H28N2O2. The first kappa shape index (κ1) is 18.2. The number of carbonyl (C=O) groups is 2. The highest BCUT2D eigenvalue weighted by Gasteiger charge is 2.25. The summed E-state index contributed by atoms with van der Waals surface area (Å²) in [6, 6.07) is 9.78. The maximum Gasteiger partial charge on any atom is 0.268 e. The molecule has 1 aromatic carbocycles. The number of nitrogens with one attached hydrogen (secondary N) is 2. The Hall–Kier alpha value is -2.10. The number of amides is 2. The van der Waals surface area contributed by atoms with Crippen molar-refractivity contribution in [3.8, 4) is 0 Å². The van der Waals surface area contributed by atoms with Gasteiger partial charge in [0.2, 0.25) is 5.91 Å². The van der Waals surface area contributed by atoms with Gasteiger partial charge < -0.3 is 10.6 Å². The first-order chi connectivity index (χ1) is 11.4. The van der Waals surface area contributed by atoms with E-state index in [9.17, 15) is 9.59 Å². The molecule has 130 valence electrons. The highest BCUT2D eigenvalue weighted by atomic mass is 16.2. The van der Waals surface area contributed by atoms with Crippen LogP contribution in [-0.4, -0.2) is 17.9 Å². The van der Waals surface area contributed by atoms with Gasteiger partial charge in [0.05, 0.1) is 0 Å². The zero-order valence-corrected chi connectivity index (χ0v) is 14.9. The summed E-state index contributed by atoms with van der Waals surface area (Å²) in [6.07, 6.45) is 7.30. The number of benzene rings is 1. The summed E-state index contributed by atoms with van der Waals surface area (Å²) in [6.45, 7) is 5.50. The van der Waals surface area contributed by atoms with Gasteiger partial charge >= 0.3 is 0 Å². The fraction of sp³-hybridized carbons (Fsp3) is 0.500. The molecule has 0 atom stereocenters. The van der Waals surface area contributed by atoms with Crippen molar-refractivity contribution >= 4 is 17.9 Å². The van der Waals surface area contributed by atoms with Crippen molar-refractivity contribution in [1.82, 2.24) is 10.6 Å². The maximum absolute atomic E-state index is 12.7. The van der Waals surface area contributed by atoms with Gasteiger partial charge in [-0.15, -0.1) is 0 Å². The lowest BCUT2D eigenvalue weighted by Gasteiger charge is -2.24. The van der Waals surface area contributed by atoms with E-state index in [1.54, 1.807) is 6.08 Å². The molecule has 2 N–H and O–H groups in total. The van der Waals surface area contributed by atoms with Gasteiger partial charge in [0.15, 0.2) is 0 Å². The van der Waals surface area contributed by atoms with Crippen LogP contribution in [0.15, 0.2) is 36.0 Å². The van der Waals surface area contributed by atoms with E-state index >= 15 is 0 Å². The van der Waals surface area contributed by atoms with Gasteiger partial charge in [-0.1, -0.05) is 70.4 Å². The molecule has 2 amide bonds. The predicted molar refractivity (Wildman–Crippen MR) is 97.0 cm³/mol. The molecule has 0 bridgehead atoms. The van der Waals surface area contributed by atoms with E-state index in [-0.39, 0.29) is 17.9 Å². The average Bonchev–Trinajstić information content (AvgIpc) is 2.55. The Balaban J connectivity index is 2.16. The summed E-state index contributed by atoms with van der Waals surface area (Å²) >= 11 is 0. The highest BCUT2D eigenvalue weighted by molar-refractivity contribution is 6.02. The van der Waals surface area contributed by atoms with Gasteiger partial charge in [-0.2, -0.15) is 0 Å². The van der Waals surface area contributed by atoms with Gasteiger partial charge in [0.25, 0.3) is 5.91 Å². The van der Waals surface area contributed by atoms with Crippen molar-refractivity contribution in [1.29, 1.82) is 0 Å². The monoisotopic (exact) mass is 328 g/mol. The molecule has 1 aliphatic rings. The molecule has 24 heavy (non-hydrogen) atoms. The summed E-state index contributed by atoms with van der Waals surface area (Å²) in [5.41, 5.74) is 0.646. The molecule has 1 saturated carbocycles. The minimum Gasteiger partial charge on any atom is -0.348 e. The topological polar surface area (TPSA) is 58.2 Å². The highest BCUT2D eigenvalue weighted by Crippen LogP contribution is 2.18. The summed E-state index contributed by atoms with van der Waals surface area (Å²) in [7, 11) is 0. The van der Waals surface area contributed by atoms with Gasteiger partial charge in [-0.05, 0) is 24.5 Å². The molecule has 1 aliphatic carbocycles. The SMILES string of the molecule is CC(C)(C)C(=O)N/C(=C/c1ccccc1)C(=O)NC1CCCCC1. The lowest BCUT2D eigenvalue weighted by atomic mass is 9.94. The zero-order valence-electron chi connectivity index (χ0n) is 14.9. The van der Waals surface area contributed by atoms with Crippen molar-refractivity contribution in [2.45, 2.75) is 58.9 Å². The number of hydrogen-bond donors (Lipinski definition) is 2. The second-order valence-corrected chi connectivity index (χ2v) is 7.48. The number of hydrogen-bond acceptors (Lipinski definition) is 2. The fourth-order valence-corrected chi connectivity index (χ4v) is 2.69. The van der Waals surface area contributed by atoms with E-state index in [1.165, 1.54) is 6.42 Å². The Morgan fingerprint density at radius 3 is 2.25 bits per heavy atom. The molecule has 2 rings (SSSR count). The third-order valence-electron chi connectivity index (χ3n) is 4.22. The van der Waals surface area contributed by atoms with Crippen molar-refractivity contribution in [3.63, 3.8) is 0 Å². The van der Waals surface area contributed by atoms with Crippen LogP contribution in [-0.2, 0) is 9.59 Å². The van der Waals surface area contributed by atoms with Crippen molar-refractivity contribution in [3.05, 3.63) is 41.6 Å². The van der Waals surface area contributed by atoms with Gasteiger partial charge in [-0.3, -0.25) is 9.59 Å². The molecule has 0 spiro atoms. The third kappa shape index (κ3) is 5.52. The first-order valence-corrected chi connectivity index (χ1v) is 8.75. The summed E-state index contributed by atoms with van der Waals surface area (Å²) in [4.78, 5) is 25.0. The maximum atomic E-state index is 12.7. The molecule has 4 nitrogen and oxygen atoms in total. The molecule has 0 unspecified atom stereocenters. The Kier molecular flexibility index (Phi) is 6.18. The molecule has 0 saturated heterocycles. The van der Waals surface area contributed by atoms with Crippen LogP contribution in [0.2, 0.25) is 0 Å². The molecule has 0 radical (unpaired) electrons. The van der Waals surface area contributed by atoms with E-state index in [2.05, 4.69) is 10.6 Å². The number of carbonyl (C=O) groups excluding carboxylic acids is 2.